The van der Waals surface area contributed by atoms with Gasteiger partial charge >= 0.3 is 11.9 Å². The molecule has 0 amide bonds. The number of allylic oxidation sites excluding steroid dienone is 3. The Labute approximate surface area is 263 Å². The van der Waals surface area contributed by atoms with E-state index in [0.717, 1.165) is 31.3 Å². The largest absolute Gasteiger partial charge is 0.464 e. The number of rotatable bonds is 17. The van der Waals surface area contributed by atoms with Gasteiger partial charge in [0.1, 0.15) is 13.2 Å². The lowest BCUT2D eigenvalue weighted by atomic mass is 9.85. The number of methoxy groups -OCH3 is 1. The summed E-state index contributed by atoms with van der Waals surface area (Å²) in [7, 11) is 1.55. The van der Waals surface area contributed by atoms with Crippen molar-refractivity contribution in [2.45, 2.75) is 72.6 Å². The highest BCUT2D eigenvalue weighted by Gasteiger charge is 2.31. The van der Waals surface area contributed by atoms with Gasteiger partial charge in [0, 0.05) is 13.0 Å². The minimum atomic E-state index is -0.797. The first kappa shape index (κ1) is 35.0. The van der Waals surface area contributed by atoms with Crippen LogP contribution in [0.5, 0.6) is 0 Å². The van der Waals surface area contributed by atoms with Crippen LogP contribution in [0, 0.1) is 11.3 Å². The molecule has 2 aromatic rings. The first-order chi connectivity index (χ1) is 21.1. The number of esters is 2. The molecule has 0 bridgehead atoms. The highest BCUT2D eigenvalue weighted by molar-refractivity contribution is 5.88. The fourth-order valence-electron chi connectivity index (χ4n) is 5.44. The molecule has 1 aliphatic carbocycles. The summed E-state index contributed by atoms with van der Waals surface area (Å²) in [6.07, 6.45) is 11.6. The van der Waals surface area contributed by atoms with Gasteiger partial charge in [0.05, 0.1) is 24.2 Å². The number of ether oxygens (including phenoxy) is 3. The van der Waals surface area contributed by atoms with Crippen LogP contribution in [-0.4, -0.2) is 50.6 Å². The van der Waals surface area contributed by atoms with Crippen LogP contribution in [0.1, 0.15) is 76.5 Å². The smallest absolute Gasteiger partial charge is 0.335 e. The minimum absolute atomic E-state index is 0.0137. The Bertz CT molecular complexity index is 1330. The van der Waals surface area contributed by atoms with E-state index in [1.807, 2.05) is 0 Å². The molecule has 1 N–H and O–H groups in total. The molecule has 2 aromatic carbocycles. The van der Waals surface area contributed by atoms with E-state index in [9.17, 15) is 14.7 Å². The van der Waals surface area contributed by atoms with Gasteiger partial charge in [-0.25, -0.2) is 4.79 Å². The Kier molecular flexibility index (Phi) is 13.6. The van der Waals surface area contributed by atoms with Gasteiger partial charge in [-0.1, -0.05) is 93.5 Å². The molecule has 1 unspecified atom stereocenters. The summed E-state index contributed by atoms with van der Waals surface area (Å²) in [5.41, 5.74) is 7.89. The zero-order valence-corrected chi connectivity index (χ0v) is 27.2. The third kappa shape index (κ3) is 9.76. The molecule has 0 heterocycles. The van der Waals surface area contributed by atoms with Crippen LogP contribution in [0.3, 0.4) is 0 Å². The van der Waals surface area contributed by atoms with Crippen LogP contribution >= 0.6 is 0 Å². The highest BCUT2D eigenvalue weighted by Crippen LogP contribution is 2.34. The summed E-state index contributed by atoms with van der Waals surface area (Å²) < 4.78 is 16.3. The molecule has 6 heteroatoms. The van der Waals surface area contributed by atoms with E-state index in [4.69, 9.17) is 14.2 Å². The number of hydrogen-bond acceptors (Lipinski definition) is 6. The molecule has 238 valence electrons. The molecular formula is C38H50O6. The van der Waals surface area contributed by atoms with E-state index < -0.39 is 18.0 Å². The summed E-state index contributed by atoms with van der Waals surface area (Å²) in [6, 6.07) is 15.7. The molecule has 0 aliphatic heterocycles. The van der Waals surface area contributed by atoms with Crippen LogP contribution < -0.4 is 0 Å². The van der Waals surface area contributed by atoms with Gasteiger partial charge in [0.25, 0.3) is 0 Å². The average Bonchev–Trinajstić information content (AvgIpc) is 3.04. The normalized spacial score (nSPS) is 14.0. The van der Waals surface area contributed by atoms with Crippen molar-refractivity contribution in [2.24, 2.45) is 11.3 Å². The highest BCUT2D eigenvalue weighted by atomic mass is 16.6. The van der Waals surface area contributed by atoms with Crippen molar-refractivity contribution in [3.63, 3.8) is 0 Å². The van der Waals surface area contributed by atoms with Gasteiger partial charge in [-0.05, 0) is 79.3 Å². The molecule has 1 aliphatic rings. The monoisotopic (exact) mass is 602 g/mol. The zero-order chi connectivity index (χ0) is 32.1. The number of aliphatic hydroxyl groups excluding tert-OH is 1. The van der Waals surface area contributed by atoms with Crippen LogP contribution in [-0.2, 0) is 36.6 Å². The van der Waals surface area contributed by atoms with Crippen LogP contribution in [0.15, 0.2) is 72.3 Å². The Balaban J connectivity index is 1.78. The van der Waals surface area contributed by atoms with E-state index >= 15 is 0 Å². The summed E-state index contributed by atoms with van der Waals surface area (Å²) in [6.45, 7) is 11.4. The first-order valence-corrected chi connectivity index (χ1v) is 15.9. The summed E-state index contributed by atoms with van der Waals surface area (Å²) in [5, 5.41) is 9.24. The van der Waals surface area contributed by atoms with Crippen LogP contribution in [0.2, 0.25) is 0 Å². The molecule has 1 atom stereocenters. The molecule has 0 radical (unpaired) electrons. The van der Waals surface area contributed by atoms with Gasteiger partial charge in [-0.2, -0.15) is 0 Å². The predicted octanol–water partition coefficient (Wildman–Crippen LogP) is 7.68. The molecule has 0 aromatic heterocycles. The standard InChI is InChI=1S/C38H50O6/c1-7-9-10-11-28-12-14-30(15-13-28)33-20-21-35(29(8-2)22-33)32-18-16-31(17-19-32)34(24-43-36(40)27(3)23-39)25-44-37(41)38(4,5)26-42-6/h12-16,18,20-22,34,39H,3,7-11,17,19,23-26H2,1-2,4-6H3. The minimum Gasteiger partial charge on any atom is -0.464 e. The summed E-state index contributed by atoms with van der Waals surface area (Å²) in [5.74, 6) is -1.35. The first-order valence-electron chi connectivity index (χ1n) is 15.9. The van der Waals surface area contributed by atoms with Crippen molar-refractivity contribution in [1.29, 1.82) is 0 Å². The Hall–Kier alpha value is -3.48. The Morgan fingerprint density at radius 1 is 0.955 bits per heavy atom. The van der Waals surface area contributed by atoms with E-state index in [1.54, 1.807) is 21.0 Å². The van der Waals surface area contributed by atoms with E-state index in [0.29, 0.717) is 0 Å². The third-order valence-electron chi connectivity index (χ3n) is 8.26. The maximum absolute atomic E-state index is 12.8. The van der Waals surface area contributed by atoms with E-state index in [2.05, 4.69) is 75.0 Å². The summed E-state index contributed by atoms with van der Waals surface area (Å²) >= 11 is 0. The second-order valence-corrected chi connectivity index (χ2v) is 12.3. The van der Waals surface area contributed by atoms with Gasteiger partial charge < -0.3 is 19.3 Å². The van der Waals surface area contributed by atoms with Crippen molar-refractivity contribution < 1.29 is 28.9 Å². The maximum atomic E-state index is 12.8. The molecule has 0 saturated carbocycles. The number of unbranched alkanes of at least 4 members (excludes halogenated alkanes) is 2. The zero-order valence-electron chi connectivity index (χ0n) is 27.2. The van der Waals surface area contributed by atoms with Gasteiger partial charge in [-0.3, -0.25) is 4.79 Å². The topological polar surface area (TPSA) is 82.1 Å². The molecule has 6 nitrogen and oxygen atoms in total. The van der Waals surface area contributed by atoms with Crippen LogP contribution in [0.25, 0.3) is 16.7 Å². The predicted molar refractivity (Wildman–Crippen MR) is 177 cm³/mol. The lowest BCUT2D eigenvalue weighted by Crippen LogP contribution is -2.33. The van der Waals surface area contributed by atoms with E-state index in [1.165, 1.54) is 52.7 Å². The van der Waals surface area contributed by atoms with Crippen molar-refractivity contribution in [3.05, 3.63) is 89.0 Å². The van der Waals surface area contributed by atoms with Gasteiger partial charge in [0.2, 0.25) is 0 Å². The van der Waals surface area contributed by atoms with Crippen molar-refractivity contribution >= 4 is 17.5 Å². The number of benzene rings is 2. The lowest BCUT2D eigenvalue weighted by Gasteiger charge is -2.26. The second-order valence-electron chi connectivity index (χ2n) is 12.3. The number of hydrogen-bond donors (Lipinski definition) is 1. The maximum Gasteiger partial charge on any atom is 0.335 e. The van der Waals surface area contributed by atoms with Gasteiger partial charge in [-0.15, -0.1) is 0 Å². The number of carbonyl (C=O) groups excluding carboxylic acids is 2. The fraction of sp³-hybridized carbons (Fsp3) is 0.474. The SMILES string of the molecule is C=C(CO)C(=O)OCC(COC(=O)C(C)(C)COC)C1=CC=C(c2ccc(-c3ccc(CCCCC)cc3)cc2CC)CC1. The van der Waals surface area contributed by atoms with Crippen LogP contribution in [0.4, 0.5) is 0 Å². The molecular weight excluding hydrogens is 552 g/mol. The number of carbonyl (C=O) groups is 2. The molecule has 44 heavy (non-hydrogen) atoms. The second kappa shape index (κ2) is 17.1. The fourth-order valence-corrected chi connectivity index (χ4v) is 5.44. The van der Waals surface area contributed by atoms with E-state index in [-0.39, 0.29) is 37.3 Å². The average molecular weight is 603 g/mol. The van der Waals surface area contributed by atoms with Gasteiger partial charge in [0.15, 0.2) is 0 Å². The molecule has 0 fully saturated rings. The Morgan fingerprint density at radius 2 is 1.66 bits per heavy atom. The van der Waals surface area contributed by atoms with Crippen molar-refractivity contribution in [2.75, 3.05) is 33.5 Å². The number of aryl methyl sites for hydroxylation is 2. The Morgan fingerprint density at radius 3 is 2.27 bits per heavy atom. The quantitative estimate of drug-likeness (QED) is 0.114. The lowest BCUT2D eigenvalue weighted by molar-refractivity contribution is -0.158. The van der Waals surface area contributed by atoms with Crippen molar-refractivity contribution in [1.82, 2.24) is 0 Å². The number of aliphatic hydroxyl groups is 1. The molecule has 0 saturated heterocycles. The summed E-state index contributed by atoms with van der Waals surface area (Å²) in [4.78, 5) is 25.0. The third-order valence-corrected chi connectivity index (χ3v) is 8.26. The molecule has 0 spiro atoms. The molecule has 3 rings (SSSR count). The van der Waals surface area contributed by atoms with Crippen molar-refractivity contribution in [3.8, 4) is 11.1 Å².